The molecule has 29 heavy (non-hydrogen) atoms. The largest absolute Gasteiger partial charge is 0.383 e. The van der Waals surface area contributed by atoms with Crippen molar-refractivity contribution in [3.8, 4) is 0 Å². The second kappa shape index (κ2) is 7.97. The predicted octanol–water partition coefficient (Wildman–Crippen LogP) is 4.26. The summed E-state index contributed by atoms with van der Waals surface area (Å²) in [5.41, 5.74) is 8.77. The van der Waals surface area contributed by atoms with Crippen LogP contribution in [-0.4, -0.2) is 34.6 Å². The standard InChI is InChI=1S/C22H25FN4OS/c23-15-8-6-14(7-9-15)17-12-27(10-11-28-17)13-19-25-21(24)20-16-4-2-1-3-5-18(16)29-22(20)26-19/h6-9,17H,1-5,10-13H2,(H2,24,25,26). The molecule has 0 bridgehead atoms. The Morgan fingerprint density at radius 1 is 1.14 bits per heavy atom. The summed E-state index contributed by atoms with van der Waals surface area (Å²) in [4.78, 5) is 14.3. The van der Waals surface area contributed by atoms with Gasteiger partial charge in [0.25, 0.3) is 0 Å². The molecule has 1 fully saturated rings. The van der Waals surface area contributed by atoms with Gasteiger partial charge in [0.05, 0.1) is 24.6 Å². The molecule has 0 saturated carbocycles. The first kappa shape index (κ1) is 18.9. The number of ether oxygens (including phenoxy) is 1. The molecule has 0 spiro atoms. The van der Waals surface area contributed by atoms with Crippen LogP contribution in [0.15, 0.2) is 24.3 Å². The molecule has 1 unspecified atom stereocenters. The fourth-order valence-electron chi connectivity index (χ4n) is 4.40. The summed E-state index contributed by atoms with van der Waals surface area (Å²) >= 11 is 1.79. The minimum atomic E-state index is -0.229. The fraction of sp³-hybridized carbons (Fsp3) is 0.455. The highest BCUT2D eigenvalue weighted by atomic mass is 32.1. The monoisotopic (exact) mass is 412 g/mol. The number of thiophene rings is 1. The Morgan fingerprint density at radius 3 is 2.83 bits per heavy atom. The van der Waals surface area contributed by atoms with E-state index in [1.165, 1.54) is 41.8 Å². The lowest BCUT2D eigenvalue weighted by molar-refractivity contribution is -0.0336. The Labute approximate surface area is 173 Å². The summed E-state index contributed by atoms with van der Waals surface area (Å²) in [7, 11) is 0. The summed E-state index contributed by atoms with van der Waals surface area (Å²) < 4.78 is 19.1. The second-order valence-corrected chi connectivity index (χ2v) is 9.00. The minimum Gasteiger partial charge on any atom is -0.383 e. The van der Waals surface area contributed by atoms with Crippen molar-refractivity contribution in [3.05, 3.63) is 51.9 Å². The molecular weight excluding hydrogens is 387 g/mol. The van der Waals surface area contributed by atoms with Crippen LogP contribution in [0, 0.1) is 5.82 Å². The third-order valence-corrected chi connectivity index (χ3v) is 7.08. The molecule has 2 aliphatic rings. The highest BCUT2D eigenvalue weighted by Gasteiger charge is 2.24. The zero-order valence-electron chi connectivity index (χ0n) is 16.4. The Bertz CT molecular complexity index is 1020. The number of nitrogens with two attached hydrogens (primary N) is 1. The maximum Gasteiger partial charge on any atom is 0.146 e. The molecule has 1 aliphatic heterocycles. The van der Waals surface area contributed by atoms with Crippen molar-refractivity contribution in [2.24, 2.45) is 0 Å². The highest BCUT2D eigenvalue weighted by molar-refractivity contribution is 7.19. The maximum absolute atomic E-state index is 13.2. The lowest BCUT2D eigenvalue weighted by Gasteiger charge is -2.32. The van der Waals surface area contributed by atoms with E-state index >= 15 is 0 Å². The molecule has 1 atom stereocenters. The van der Waals surface area contributed by atoms with E-state index in [9.17, 15) is 4.39 Å². The van der Waals surface area contributed by atoms with Gasteiger partial charge < -0.3 is 10.5 Å². The number of anilines is 1. The number of halogens is 1. The minimum absolute atomic E-state index is 0.0665. The van der Waals surface area contributed by atoms with Crippen molar-refractivity contribution in [1.29, 1.82) is 0 Å². The summed E-state index contributed by atoms with van der Waals surface area (Å²) in [6.45, 7) is 2.82. The van der Waals surface area contributed by atoms with E-state index < -0.39 is 0 Å². The summed E-state index contributed by atoms with van der Waals surface area (Å²) in [5.74, 6) is 1.16. The highest BCUT2D eigenvalue weighted by Crippen LogP contribution is 2.37. The second-order valence-electron chi connectivity index (χ2n) is 7.92. The molecule has 3 aromatic rings. The van der Waals surface area contributed by atoms with Gasteiger partial charge in [-0.1, -0.05) is 18.6 Å². The molecule has 1 saturated heterocycles. The summed E-state index contributed by atoms with van der Waals surface area (Å²) in [6, 6.07) is 6.55. The molecule has 2 aromatic heterocycles. The number of morpholine rings is 1. The zero-order chi connectivity index (χ0) is 19.8. The number of benzene rings is 1. The molecule has 152 valence electrons. The Kier molecular flexibility index (Phi) is 5.20. The van der Waals surface area contributed by atoms with Crippen molar-refractivity contribution in [2.45, 2.75) is 44.8 Å². The number of fused-ring (bicyclic) bond motifs is 3. The number of nitrogens with zero attached hydrogens (tertiary/aromatic N) is 3. The van der Waals surface area contributed by atoms with Gasteiger partial charge in [-0.2, -0.15) is 0 Å². The van der Waals surface area contributed by atoms with E-state index in [2.05, 4.69) is 9.88 Å². The van der Waals surface area contributed by atoms with Gasteiger partial charge in [0.2, 0.25) is 0 Å². The lowest BCUT2D eigenvalue weighted by atomic mass is 10.1. The molecule has 5 nitrogen and oxygen atoms in total. The normalized spacial score (nSPS) is 20.5. The quantitative estimate of drug-likeness (QED) is 0.652. The van der Waals surface area contributed by atoms with E-state index in [-0.39, 0.29) is 11.9 Å². The number of aryl methyl sites for hydroxylation is 2. The first-order valence-corrected chi connectivity index (χ1v) is 11.1. The molecule has 1 aliphatic carbocycles. The van der Waals surface area contributed by atoms with E-state index in [0.29, 0.717) is 19.0 Å². The van der Waals surface area contributed by atoms with E-state index in [4.69, 9.17) is 15.5 Å². The van der Waals surface area contributed by atoms with E-state index in [1.807, 2.05) is 0 Å². The molecule has 2 N–H and O–H groups in total. The van der Waals surface area contributed by atoms with Crippen LogP contribution in [0.2, 0.25) is 0 Å². The number of rotatable bonds is 3. The number of hydrogen-bond acceptors (Lipinski definition) is 6. The predicted molar refractivity (Wildman–Crippen MR) is 113 cm³/mol. The van der Waals surface area contributed by atoms with Crippen LogP contribution < -0.4 is 5.73 Å². The first-order chi connectivity index (χ1) is 14.2. The van der Waals surface area contributed by atoms with Gasteiger partial charge in [0, 0.05) is 18.0 Å². The molecular formula is C22H25FN4OS. The van der Waals surface area contributed by atoms with E-state index in [0.717, 1.165) is 47.5 Å². The van der Waals surface area contributed by atoms with Gasteiger partial charge in [-0.25, -0.2) is 14.4 Å². The van der Waals surface area contributed by atoms with E-state index in [1.54, 1.807) is 23.5 Å². The topological polar surface area (TPSA) is 64.3 Å². The van der Waals surface area contributed by atoms with Gasteiger partial charge in [-0.15, -0.1) is 11.3 Å². The SMILES string of the molecule is Nc1nc(CN2CCOC(c3ccc(F)cc3)C2)nc2sc3c(c12)CCCCC3. The summed E-state index contributed by atoms with van der Waals surface area (Å²) in [5, 5.41) is 1.09. The Morgan fingerprint density at radius 2 is 1.97 bits per heavy atom. The Hall–Kier alpha value is -2.09. The van der Waals surface area contributed by atoms with Crippen molar-refractivity contribution in [3.63, 3.8) is 0 Å². The number of hydrogen-bond donors (Lipinski definition) is 1. The van der Waals surface area contributed by atoms with Gasteiger partial charge >= 0.3 is 0 Å². The van der Waals surface area contributed by atoms with Crippen LogP contribution in [-0.2, 0) is 24.1 Å². The van der Waals surface area contributed by atoms with Gasteiger partial charge in [0.1, 0.15) is 22.3 Å². The van der Waals surface area contributed by atoms with Gasteiger partial charge in [0.15, 0.2) is 0 Å². The van der Waals surface area contributed by atoms with Crippen LogP contribution >= 0.6 is 11.3 Å². The lowest BCUT2D eigenvalue weighted by Crippen LogP contribution is -2.38. The van der Waals surface area contributed by atoms with Crippen molar-refractivity contribution in [2.75, 3.05) is 25.4 Å². The van der Waals surface area contributed by atoms with Crippen LogP contribution in [0.4, 0.5) is 10.2 Å². The smallest absolute Gasteiger partial charge is 0.146 e. The average molecular weight is 413 g/mol. The van der Waals surface area contributed by atoms with Crippen molar-refractivity contribution >= 4 is 27.4 Å². The molecule has 3 heterocycles. The van der Waals surface area contributed by atoms with Crippen LogP contribution in [0.3, 0.4) is 0 Å². The van der Waals surface area contributed by atoms with Crippen molar-refractivity contribution < 1.29 is 9.13 Å². The zero-order valence-corrected chi connectivity index (χ0v) is 17.2. The summed E-state index contributed by atoms with van der Waals surface area (Å²) in [6.07, 6.45) is 5.91. The molecule has 0 radical (unpaired) electrons. The number of aromatic nitrogens is 2. The molecule has 7 heteroatoms. The third-order valence-electron chi connectivity index (χ3n) is 5.90. The molecule has 1 aromatic carbocycles. The van der Waals surface area contributed by atoms with Gasteiger partial charge in [-0.3, -0.25) is 4.90 Å². The van der Waals surface area contributed by atoms with Crippen LogP contribution in [0.5, 0.6) is 0 Å². The van der Waals surface area contributed by atoms with Crippen LogP contribution in [0.1, 0.15) is 47.2 Å². The van der Waals surface area contributed by atoms with Crippen LogP contribution in [0.25, 0.3) is 10.2 Å². The fourth-order valence-corrected chi connectivity index (χ4v) is 5.69. The third kappa shape index (κ3) is 3.86. The average Bonchev–Trinajstić information content (AvgIpc) is 2.91. The molecule has 5 rings (SSSR count). The molecule has 0 amide bonds. The number of nitrogen functional groups attached to an aromatic ring is 1. The Balaban J connectivity index is 1.36. The first-order valence-electron chi connectivity index (χ1n) is 10.3. The van der Waals surface area contributed by atoms with Gasteiger partial charge in [-0.05, 0) is 48.9 Å². The maximum atomic E-state index is 13.2. The van der Waals surface area contributed by atoms with Crippen molar-refractivity contribution in [1.82, 2.24) is 14.9 Å².